The predicted octanol–water partition coefficient (Wildman–Crippen LogP) is -0.530. The van der Waals surface area contributed by atoms with Crippen molar-refractivity contribution in [3.05, 3.63) is 0 Å². The average Bonchev–Trinajstić information content (AvgIpc) is 2.46. The summed E-state index contributed by atoms with van der Waals surface area (Å²) in [5.74, 6) is 0. The fourth-order valence-corrected chi connectivity index (χ4v) is 4.19. The molecule has 0 aliphatic carbocycles. The first-order chi connectivity index (χ1) is 11.3. The summed E-state index contributed by atoms with van der Waals surface area (Å²) in [5.41, 5.74) is 0. The Morgan fingerprint density at radius 3 is 2.33 bits per heavy atom. The van der Waals surface area contributed by atoms with Crippen LogP contribution in [0.1, 0.15) is 46.0 Å². The van der Waals surface area contributed by atoms with Gasteiger partial charge in [-0.15, -0.1) is 0 Å². The van der Waals surface area contributed by atoms with Crippen LogP contribution < -0.4 is 0 Å². The van der Waals surface area contributed by atoms with Crippen molar-refractivity contribution in [3.63, 3.8) is 0 Å². The van der Waals surface area contributed by atoms with Gasteiger partial charge in [0, 0.05) is 48.3 Å². The van der Waals surface area contributed by atoms with Gasteiger partial charge in [0.1, 0.15) is 0 Å². The zero-order chi connectivity index (χ0) is 18.0. The molecule has 0 amide bonds. The lowest BCUT2D eigenvalue weighted by Crippen LogP contribution is -2.42. The van der Waals surface area contributed by atoms with Gasteiger partial charge in [0.2, 0.25) is 0 Å². The van der Waals surface area contributed by atoms with Crippen LogP contribution in [0.3, 0.4) is 0 Å². The second-order valence-electron chi connectivity index (χ2n) is 7.50. The maximum atomic E-state index is 10.1. The minimum Gasteiger partial charge on any atom is -0.392 e. The van der Waals surface area contributed by atoms with Crippen molar-refractivity contribution in [1.82, 2.24) is 4.90 Å². The van der Waals surface area contributed by atoms with Gasteiger partial charge < -0.3 is 24.8 Å². The van der Waals surface area contributed by atoms with Crippen LogP contribution in [-0.2, 0) is 9.47 Å². The molecule has 0 aromatic rings. The van der Waals surface area contributed by atoms with Gasteiger partial charge in [-0.2, -0.15) is 0 Å². The second-order valence-corrected chi connectivity index (χ2v) is 9.33. The highest BCUT2D eigenvalue weighted by Gasteiger charge is 2.26. The maximum absolute atomic E-state index is 10.1. The van der Waals surface area contributed by atoms with Crippen LogP contribution >= 0.6 is 0 Å². The van der Waals surface area contributed by atoms with Crippen LogP contribution in [0, 0.1) is 0 Å². The lowest BCUT2D eigenvalue weighted by molar-refractivity contribution is -0.0331. The normalized spacial score (nSPS) is 25.8. The fraction of sp³-hybridized carbons (Fsp3) is 1.00. The number of hydrogen-bond donors (Lipinski definition) is 3. The summed E-state index contributed by atoms with van der Waals surface area (Å²) in [6.45, 7) is 6.48. The summed E-state index contributed by atoms with van der Waals surface area (Å²) < 4.78 is 11.5. The van der Waals surface area contributed by atoms with Crippen molar-refractivity contribution in [2.24, 2.45) is 0 Å². The minimum atomic E-state index is -0.613. The van der Waals surface area contributed by atoms with E-state index in [4.69, 9.17) is 9.47 Å². The molecule has 0 spiro atoms. The molecule has 144 valence electrons. The van der Waals surface area contributed by atoms with Crippen LogP contribution in [0.2, 0.25) is 0 Å². The van der Waals surface area contributed by atoms with Crippen LogP contribution in [-0.4, -0.2) is 93.5 Å². The molecule has 0 bridgehead atoms. The Bertz CT molecular complexity index is 314. The molecule has 0 saturated carbocycles. The predicted molar refractivity (Wildman–Crippen MR) is 98.3 cm³/mol. The minimum absolute atomic E-state index is 0.131. The summed E-state index contributed by atoms with van der Waals surface area (Å²) in [6.07, 6.45) is 4.04. The average molecular weight is 364 g/mol. The zero-order valence-electron chi connectivity index (χ0n) is 15.6. The molecular weight excluding hydrogens is 326 g/mol. The van der Waals surface area contributed by atoms with E-state index in [0.717, 1.165) is 29.7 Å². The lowest BCUT2D eigenvalue weighted by atomic mass is 10.0. The highest BCUT2D eigenvalue weighted by Crippen LogP contribution is 2.26. The van der Waals surface area contributed by atoms with Crippen molar-refractivity contribution in [3.8, 4) is 0 Å². The molecule has 4 atom stereocenters. The molecule has 0 aromatic heterocycles. The van der Waals surface area contributed by atoms with E-state index in [2.05, 4.69) is 0 Å². The maximum Gasteiger partial charge on any atom is 0.0900 e. The van der Waals surface area contributed by atoms with Crippen LogP contribution in [0.4, 0.5) is 0 Å². The topological polar surface area (TPSA) is 82.4 Å². The first-order valence-electron chi connectivity index (χ1n) is 9.29. The van der Waals surface area contributed by atoms with Gasteiger partial charge in [-0.05, 0) is 46.0 Å². The third kappa shape index (κ3) is 10.1. The lowest BCUT2D eigenvalue weighted by Gasteiger charge is -2.34. The van der Waals surface area contributed by atoms with Crippen LogP contribution in [0.15, 0.2) is 0 Å². The molecule has 0 aromatic carbocycles. The van der Waals surface area contributed by atoms with Crippen LogP contribution in [0.25, 0.3) is 0 Å². The molecule has 7 heteroatoms. The van der Waals surface area contributed by atoms with Gasteiger partial charge in [-0.1, -0.05) is 0 Å². The Labute approximate surface area is 149 Å². The third-order valence-electron chi connectivity index (χ3n) is 4.37. The molecule has 1 aliphatic heterocycles. The van der Waals surface area contributed by atoms with E-state index in [1.807, 2.05) is 4.90 Å². The molecule has 1 heterocycles. The molecule has 1 fully saturated rings. The molecule has 1 saturated heterocycles. The number of aliphatic hydroxyl groups excluding tert-OH is 3. The Hall–Kier alpha value is -0.0231. The molecule has 6 nitrogen and oxygen atoms in total. The molecule has 1 aliphatic rings. The Morgan fingerprint density at radius 1 is 1.12 bits per heavy atom. The van der Waals surface area contributed by atoms with E-state index >= 15 is 0 Å². The number of nitrogens with zero attached hydrogens (tertiary/aromatic N) is 1. The van der Waals surface area contributed by atoms with Crippen molar-refractivity contribution in [1.29, 1.82) is 0 Å². The van der Waals surface area contributed by atoms with Crippen molar-refractivity contribution < 1.29 is 24.8 Å². The molecule has 3 N–H and O–H groups in total. The van der Waals surface area contributed by atoms with E-state index in [0.29, 0.717) is 26.2 Å². The quantitative estimate of drug-likeness (QED) is 0.319. The zero-order valence-corrected chi connectivity index (χ0v) is 17.6. The summed E-state index contributed by atoms with van der Waals surface area (Å²) in [6, 6.07) is 0. The molecule has 4 unspecified atom stereocenters. The van der Waals surface area contributed by atoms with E-state index < -0.39 is 18.3 Å². The molecule has 1 rings (SSSR count). The fourth-order valence-electron chi connectivity index (χ4n) is 3.28. The van der Waals surface area contributed by atoms with E-state index in [1.54, 1.807) is 13.8 Å². The summed E-state index contributed by atoms with van der Waals surface area (Å²) in [7, 11) is 1.06. The number of rotatable bonds is 12. The molecular formula is C17H37NO5Si. The number of ether oxygens (including phenoxy) is 2. The van der Waals surface area contributed by atoms with Crippen LogP contribution in [0.5, 0.6) is 0 Å². The van der Waals surface area contributed by atoms with E-state index in [1.165, 1.54) is 19.3 Å². The Kier molecular flexibility index (Phi) is 10.6. The Morgan fingerprint density at radius 2 is 1.79 bits per heavy atom. The van der Waals surface area contributed by atoms with E-state index in [9.17, 15) is 15.3 Å². The Balaban J connectivity index is 2.16. The van der Waals surface area contributed by atoms with Gasteiger partial charge in [0.15, 0.2) is 0 Å². The smallest absolute Gasteiger partial charge is 0.0900 e. The van der Waals surface area contributed by atoms with Gasteiger partial charge in [0.05, 0.1) is 24.9 Å². The monoisotopic (exact) mass is 363 g/mol. The first-order valence-corrected chi connectivity index (χ1v) is 10.3. The highest BCUT2D eigenvalue weighted by atomic mass is 28.1. The third-order valence-corrected chi connectivity index (χ3v) is 5.66. The first kappa shape index (κ1) is 22.0. The van der Waals surface area contributed by atoms with Gasteiger partial charge in [0.25, 0.3) is 0 Å². The summed E-state index contributed by atoms with van der Waals surface area (Å²) in [5, 5.41) is 29.2. The molecule has 24 heavy (non-hydrogen) atoms. The van der Waals surface area contributed by atoms with Gasteiger partial charge >= 0.3 is 0 Å². The van der Waals surface area contributed by atoms with Gasteiger partial charge in [-0.25, -0.2) is 0 Å². The number of aliphatic hydroxyl groups is 3. The van der Waals surface area contributed by atoms with Gasteiger partial charge in [-0.3, -0.25) is 4.90 Å². The van der Waals surface area contributed by atoms with Crippen molar-refractivity contribution in [2.45, 2.75) is 69.5 Å². The summed E-state index contributed by atoms with van der Waals surface area (Å²) in [4.78, 5) is 1.87. The SMILES string of the molecule is CC(O)CN(CC(C)O)CC(O)COCCCC1([SiH3])CCCCO1. The molecule has 0 radical (unpaired) electrons. The summed E-state index contributed by atoms with van der Waals surface area (Å²) >= 11 is 0. The highest BCUT2D eigenvalue weighted by molar-refractivity contribution is 6.14. The largest absolute Gasteiger partial charge is 0.392 e. The second kappa shape index (κ2) is 11.6. The van der Waals surface area contributed by atoms with E-state index in [-0.39, 0.29) is 11.8 Å². The van der Waals surface area contributed by atoms with Crippen molar-refractivity contribution in [2.75, 3.05) is 39.5 Å². The van der Waals surface area contributed by atoms with Crippen molar-refractivity contribution >= 4 is 10.2 Å². The number of hydrogen-bond acceptors (Lipinski definition) is 6. The standard InChI is InChI=1S/C17H37NO5Si/c1-14(19)10-18(11-15(2)20)12-16(21)13-22-8-5-7-17(24)6-3-4-9-23-17/h14-16,19-21H,3-13H2,1-2,24H3.